The number of nitrogens with zero attached hydrogens (tertiary/aromatic N) is 2. The van der Waals surface area contributed by atoms with Crippen molar-refractivity contribution in [3.05, 3.63) is 28.2 Å². The Morgan fingerprint density at radius 3 is 2.89 bits per heavy atom. The topological polar surface area (TPSA) is 60.9 Å². The SMILES string of the molecule is CC(Cl)c1nc2cc(Br)c(F)cc2n1CC(N)=O. The van der Waals surface area contributed by atoms with Gasteiger partial charge in [0.15, 0.2) is 0 Å². The van der Waals surface area contributed by atoms with Crippen LogP contribution < -0.4 is 5.73 Å². The van der Waals surface area contributed by atoms with E-state index >= 15 is 0 Å². The van der Waals surface area contributed by atoms with Crippen molar-refractivity contribution in [2.45, 2.75) is 18.8 Å². The predicted octanol–water partition coefficient (Wildman–Crippen LogP) is 2.72. The molecule has 0 saturated carbocycles. The molecule has 1 atom stereocenters. The summed E-state index contributed by atoms with van der Waals surface area (Å²) in [5.74, 6) is -0.471. The molecule has 1 unspecified atom stereocenters. The van der Waals surface area contributed by atoms with E-state index in [-0.39, 0.29) is 6.54 Å². The van der Waals surface area contributed by atoms with Crippen LogP contribution in [-0.2, 0) is 11.3 Å². The number of nitrogens with two attached hydrogens (primary N) is 1. The van der Waals surface area contributed by atoms with Crippen LogP contribution in [0.15, 0.2) is 16.6 Å². The van der Waals surface area contributed by atoms with Gasteiger partial charge in [0.25, 0.3) is 0 Å². The highest BCUT2D eigenvalue weighted by Gasteiger charge is 2.17. The largest absolute Gasteiger partial charge is 0.368 e. The van der Waals surface area contributed by atoms with Gasteiger partial charge in [-0.15, -0.1) is 11.6 Å². The molecule has 1 amide bonds. The second-order valence-electron chi connectivity index (χ2n) is 3.89. The van der Waals surface area contributed by atoms with Gasteiger partial charge in [-0.1, -0.05) is 0 Å². The fraction of sp³-hybridized carbons (Fsp3) is 0.273. The Labute approximate surface area is 116 Å². The number of aromatic nitrogens is 2. The van der Waals surface area contributed by atoms with Crippen molar-refractivity contribution in [1.29, 1.82) is 0 Å². The number of rotatable bonds is 3. The standard InChI is InChI=1S/C11H10BrClFN3O/c1-5(13)11-16-8-2-6(12)7(14)3-9(8)17(11)4-10(15)18/h2-3,5H,4H2,1H3,(H2,15,18). The van der Waals surface area contributed by atoms with Gasteiger partial charge < -0.3 is 10.3 Å². The van der Waals surface area contributed by atoms with Crippen LogP contribution in [0.25, 0.3) is 11.0 Å². The second-order valence-corrected chi connectivity index (χ2v) is 5.40. The number of amides is 1. The Morgan fingerprint density at radius 1 is 1.67 bits per heavy atom. The predicted molar refractivity (Wildman–Crippen MR) is 70.9 cm³/mol. The van der Waals surface area contributed by atoms with E-state index in [1.165, 1.54) is 10.6 Å². The first kappa shape index (κ1) is 13.3. The molecule has 96 valence electrons. The number of fused-ring (bicyclic) bond motifs is 1. The molecule has 2 aromatic rings. The van der Waals surface area contributed by atoms with Gasteiger partial charge in [0.05, 0.1) is 20.9 Å². The maximum atomic E-state index is 13.5. The van der Waals surface area contributed by atoms with E-state index in [0.717, 1.165) is 0 Å². The van der Waals surface area contributed by atoms with Crippen LogP contribution in [0.2, 0.25) is 0 Å². The average molecular weight is 335 g/mol. The number of hydrogen-bond acceptors (Lipinski definition) is 2. The van der Waals surface area contributed by atoms with Crippen LogP contribution >= 0.6 is 27.5 Å². The first-order valence-corrected chi connectivity index (χ1v) is 6.40. The van der Waals surface area contributed by atoms with Gasteiger partial charge in [-0.05, 0) is 28.9 Å². The fourth-order valence-corrected chi connectivity index (χ4v) is 2.26. The zero-order valence-electron chi connectivity index (χ0n) is 9.45. The van der Waals surface area contributed by atoms with Crippen molar-refractivity contribution in [1.82, 2.24) is 9.55 Å². The van der Waals surface area contributed by atoms with Crippen molar-refractivity contribution in [2.75, 3.05) is 0 Å². The van der Waals surface area contributed by atoms with Gasteiger partial charge in [-0.3, -0.25) is 4.79 Å². The van der Waals surface area contributed by atoms with E-state index in [0.29, 0.717) is 21.3 Å². The summed E-state index contributed by atoms with van der Waals surface area (Å²) in [7, 11) is 0. The third-order valence-corrected chi connectivity index (χ3v) is 3.29. The number of imidazole rings is 1. The summed E-state index contributed by atoms with van der Waals surface area (Å²) in [6, 6.07) is 2.85. The molecule has 1 heterocycles. The maximum Gasteiger partial charge on any atom is 0.237 e. The van der Waals surface area contributed by atoms with Crippen molar-refractivity contribution in [3.8, 4) is 0 Å². The molecule has 0 bridgehead atoms. The minimum Gasteiger partial charge on any atom is -0.368 e. The molecule has 0 aliphatic carbocycles. The van der Waals surface area contributed by atoms with E-state index in [2.05, 4.69) is 20.9 Å². The Morgan fingerprint density at radius 2 is 2.33 bits per heavy atom. The summed E-state index contributed by atoms with van der Waals surface area (Å²) in [6.45, 7) is 1.65. The molecule has 2 N–H and O–H groups in total. The molecule has 0 aliphatic rings. The molecule has 2 rings (SSSR count). The summed E-state index contributed by atoms with van der Waals surface area (Å²) in [5.41, 5.74) is 6.24. The molecule has 4 nitrogen and oxygen atoms in total. The Balaban J connectivity index is 2.72. The smallest absolute Gasteiger partial charge is 0.237 e. The van der Waals surface area contributed by atoms with Crippen molar-refractivity contribution in [3.63, 3.8) is 0 Å². The van der Waals surface area contributed by atoms with Crippen LogP contribution in [0.3, 0.4) is 0 Å². The van der Waals surface area contributed by atoms with E-state index in [4.69, 9.17) is 17.3 Å². The number of carbonyl (C=O) groups excluding carboxylic acids is 1. The lowest BCUT2D eigenvalue weighted by Crippen LogP contribution is -2.20. The van der Waals surface area contributed by atoms with Crippen molar-refractivity contribution >= 4 is 44.5 Å². The number of hydrogen-bond donors (Lipinski definition) is 1. The highest BCUT2D eigenvalue weighted by Crippen LogP contribution is 2.28. The number of benzene rings is 1. The van der Waals surface area contributed by atoms with Crippen LogP contribution in [0.1, 0.15) is 18.1 Å². The third-order valence-electron chi connectivity index (χ3n) is 2.49. The normalized spacial score (nSPS) is 12.9. The van der Waals surface area contributed by atoms with Crippen LogP contribution in [0, 0.1) is 5.82 Å². The number of halogens is 3. The number of primary amides is 1. The molecular formula is C11H10BrClFN3O. The maximum absolute atomic E-state index is 13.5. The van der Waals surface area contributed by atoms with Crippen molar-refractivity contribution < 1.29 is 9.18 Å². The zero-order chi connectivity index (χ0) is 13.4. The lowest BCUT2D eigenvalue weighted by molar-refractivity contribution is -0.118. The third kappa shape index (κ3) is 2.35. The summed E-state index contributed by atoms with van der Waals surface area (Å²) in [5, 5.41) is -0.404. The molecule has 0 fully saturated rings. The lowest BCUT2D eigenvalue weighted by atomic mass is 10.3. The Hall–Kier alpha value is -1.14. The Kier molecular flexibility index (Phi) is 3.59. The van der Waals surface area contributed by atoms with Crippen LogP contribution in [0.5, 0.6) is 0 Å². The second kappa shape index (κ2) is 4.85. The highest BCUT2D eigenvalue weighted by atomic mass is 79.9. The molecule has 0 spiro atoms. The molecule has 1 aromatic heterocycles. The monoisotopic (exact) mass is 333 g/mol. The Bertz CT molecular complexity index is 626. The van der Waals surface area contributed by atoms with E-state index in [1.54, 1.807) is 13.0 Å². The average Bonchev–Trinajstić information content (AvgIpc) is 2.57. The van der Waals surface area contributed by atoms with Gasteiger partial charge in [0, 0.05) is 6.07 Å². The summed E-state index contributed by atoms with van der Waals surface area (Å²) in [4.78, 5) is 15.4. The minimum absolute atomic E-state index is 0.0794. The van der Waals surface area contributed by atoms with E-state index < -0.39 is 17.1 Å². The molecule has 18 heavy (non-hydrogen) atoms. The minimum atomic E-state index is -0.531. The molecule has 0 radical (unpaired) electrons. The molecule has 0 saturated heterocycles. The zero-order valence-corrected chi connectivity index (χ0v) is 11.8. The van der Waals surface area contributed by atoms with E-state index in [1.807, 2.05) is 0 Å². The summed E-state index contributed by atoms with van der Waals surface area (Å²) in [6.07, 6.45) is 0. The van der Waals surface area contributed by atoms with Gasteiger partial charge in [-0.2, -0.15) is 0 Å². The van der Waals surface area contributed by atoms with Gasteiger partial charge in [0.2, 0.25) is 5.91 Å². The number of carbonyl (C=O) groups is 1. The molecule has 1 aromatic carbocycles. The fourth-order valence-electron chi connectivity index (χ4n) is 1.76. The molecular weight excluding hydrogens is 324 g/mol. The van der Waals surface area contributed by atoms with Gasteiger partial charge in [-0.25, -0.2) is 9.37 Å². The number of alkyl halides is 1. The first-order chi connectivity index (χ1) is 8.40. The highest BCUT2D eigenvalue weighted by molar-refractivity contribution is 9.10. The van der Waals surface area contributed by atoms with E-state index in [9.17, 15) is 9.18 Å². The molecule has 0 aliphatic heterocycles. The summed E-state index contributed by atoms with van der Waals surface area (Å²) >= 11 is 9.09. The van der Waals surface area contributed by atoms with Gasteiger partial charge >= 0.3 is 0 Å². The first-order valence-electron chi connectivity index (χ1n) is 5.17. The van der Waals surface area contributed by atoms with Gasteiger partial charge in [0.1, 0.15) is 18.2 Å². The lowest BCUT2D eigenvalue weighted by Gasteiger charge is -2.08. The quantitative estimate of drug-likeness (QED) is 0.877. The van der Waals surface area contributed by atoms with Crippen LogP contribution in [-0.4, -0.2) is 15.5 Å². The summed E-state index contributed by atoms with van der Waals surface area (Å²) < 4.78 is 15.4. The van der Waals surface area contributed by atoms with Crippen molar-refractivity contribution in [2.24, 2.45) is 5.73 Å². The van der Waals surface area contributed by atoms with Crippen LogP contribution in [0.4, 0.5) is 4.39 Å². The molecule has 7 heteroatoms.